The van der Waals surface area contributed by atoms with Crippen LogP contribution in [0.25, 0.3) is 0 Å². The van der Waals surface area contributed by atoms with Gasteiger partial charge < -0.3 is 10.0 Å². The molecule has 0 unspecified atom stereocenters. The van der Waals surface area contributed by atoms with Crippen LogP contribution in [0.15, 0.2) is 48.5 Å². The minimum atomic E-state index is -0.107. The highest BCUT2D eigenvalue weighted by molar-refractivity contribution is 5.78. The predicted octanol–water partition coefficient (Wildman–Crippen LogP) is 3.85. The zero-order valence-electron chi connectivity index (χ0n) is 13.5. The molecule has 1 fully saturated rings. The molecule has 3 rings (SSSR count). The van der Waals surface area contributed by atoms with E-state index in [0.717, 1.165) is 42.6 Å². The average molecular weight is 309 g/mol. The minimum Gasteiger partial charge on any atom is -0.508 e. The lowest BCUT2D eigenvalue weighted by atomic mass is 9.86. The maximum Gasteiger partial charge on any atom is 0.223 e. The Kier molecular flexibility index (Phi) is 4.65. The van der Waals surface area contributed by atoms with Crippen LogP contribution in [0.5, 0.6) is 5.75 Å². The second-order valence-electron chi connectivity index (χ2n) is 6.32. The summed E-state index contributed by atoms with van der Waals surface area (Å²) in [5, 5.41) is 10.3. The molecule has 2 aromatic rings. The molecule has 1 heterocycles. The predicted molar refractivity (Wildman–Crippen MR) is 91.6 cm³/mol. The summed E-state index contributed by atoms with van der Waals surface area (Å²) in [6.07, 6.45) is 2.59. The van der Waals surface area contributed by atoms with E-state index in [2.05, 4.69) is 0 Å². The number of aryl methyl sites for hydroxylation is 1. The Morgan fingerprint density at radius 2 is 1.83 bits per heavy atom. The maximum atomic E-state index is 12.6. The van der Waals surface area contributed by atoms with Gasteiger partial charge in [0.25, 0.3) is 0 Å². The summed E-state index contributed by atoms with van der Waals surface area (Å²) < 4.78 is 0. The van der Waals surface area contributed by atoms with Crippen molar-refractivity contribution in [3.05, 3.63) is 65.2 Å². The summed E-state index contributed by atoms with van der Waals surface area (Å²) >= 11 is 0. The number of likely N-dealkylation sites (tertiary alicyclic amines) is 1. The Balaban J connectivity index is 1.93. The van der Waals surface area contributed by atoms with Gasteiger partial charge in [-0.2, -0.15) is 0 Å². The highest BCUT2D eigenvalue weighted by Gasteiger charge is 2.25. The summed E-state index contributed by atoms with van der Waals surface area (Å²) in [6, 6.07) is 15.6. The van der Waals surface area contributed by atoms with E-state index in [1.54, 1.807) is 6.07 Å². The molecular weight excluding hydrogens is 286 g/mol. The van der Waals surface area contributed by atoms with E-state index in [0.29, 0.717) is 6.42 Å². The molecule has 0 spiro atoms. The first-order valence-electron chi connectivity index (χ1n) is 8.27. The third kappa shape index (κ3) is 3.55. The third-order valence-corrected chi connectivity index (χ3v) is 4.60. The van der Waals surface area contributed by atoms with Crippen molar-refractivity contribution in [1.82, 2.24) is 4.90 Å². The molecule has 1 aliphatic rings. The van der Waals surface area contributed by atoms with Gasteiger partial charge in [-0.05, 0) is 31.4 Å². The maximum absolute atomic E-state index is 12.6. The van der Waals surface area contributed by atoms with Crippen LogP contribution in [0.1, 0.15) is 41.9 Å². The highest BCUT2D eigenvalue weighted by Crippen LogP contribution is 2.35. The van der Waals surface area contributed by atoms with Gasteiger partial charge in [0.2, 0.25) is 5.91 Å². The number of hydrogen-bond donors (Lipinski definition) is 1. The lowest BCUT2D eigenvalue weighted by Gasteiger charge is -2.23. The van der Waals surface area contributed by atoms with E-state index in [-0.39, 0.29) is 17.6 Å². The molecule has 1 aliphatic heterocycles. The summed E-state index contributed by atoms with van der Waals surface area (Å²) in [5.41, 5.74) is 3.00. The van der Waals surface area contributed by atoms with Crippen LogP contribution in [0.3, 0.4) is 0 Å². The van der Waals surface area contributed by atoms with Gasteiger partial charge in [0.1, 0.15) is 5.75 Å². The molecule has 0 aliphatic carbocycles. The van der Waals surface area contributed by atoms with Crippen molar-refractivity contribution in [2.24, 2.45) is 0 Å². The summed E-state index contributed by atoms with van der Waals surface area (Å²) in [6.45, 7) is 3.73. The van der Waals surface area contributed by atoms with E-state index < -0.39 is 0 Å². The van der Waals surface area contributed by atoms with E-state index in [9.17, 15) is 9.90 Å². The number of phenols is 1. The van der Waals surface area contributed by atoms with Gasteiger partial charge in [0, 0.05) is 31.0 Å². The monoisotopic (exact) mass is 309 g/mol. The van der Waals surface area contributed by atoms with E-state index >= 15 is 0 Å². The molecule has 1 atom stereocenters. The van der Waals surface area contributed by atoms with Gasteiger partial charge in [-0.15, -0.1) is 0 Å². The number of hydrogen-bond acceptors (Lipinski definition) is 2. The van der Waals surface area contributed by atoms with Gasteiger partial charge in [-0.25, -0.2) is 0 Å². The topological polar surface area (TPSA) is 40.5 Å². The van der Waals surface area contributed by atoms with E-state index in [4.69, 9.17) is 0 Å². The molecule has 0 saturated carbocycles. The standard InChI is InChI=1S/C20H23NO2/c1-15-9-10-19(22)18(13-15)17(16-7-3-2-4-8-16)14-20(23)21-11-5-6-12-21/h2-4,7-10,13,17,22H,5-6,11-12,14H2,1H3/t17-/m1/s1. The molecule has 3 heteroatoms. The van der Waals surface area contributed by atoms with Crippen LogP contribution < -0.4 is 0 Å². The fourth-order valence-electron chi connectivity index (χ4n) is 3.32. The van der Waals surface area contributed by atoms with Crippen LogP contribution in [0, 0.1) is 6.92 Å². The molecule has 0 bridgehead atoms. The summed E-state index contributed by atoms with van der Waals surface area (Å²) in [7, 11) is 0. The number of benzene rings is 2. The van der Waals surface area contributed by atoms with Crippen molar-refractivity contribution in [1.29, 1.82) is 0 Å². The Morgan fingerprint density at radius 1 is 1.13 bits per heavy atom. The quantitative estimate of drug-likeness (QED) is 0.932. The minimum absolute atomic E-state index is 0.107. The molecule has 23 heavy (non-hydrogen) atoms. The molecule has 1 amide bonds. The van der Waals surface area contributed by atoms with Gasteiger partial charge in [-0.1, -0.05) is 48.0 Å². The van der Waals surface area contributed by atoms with Crippen molar-refractivity contribution >= 4 is 5.91 Å². The lowest BCUT2D eigenvalue weighted by molar-refractivity contribution is -0.130. The van der Waals surface area contributed by atoms with Gasteiger partial charge in [0.05, 0.1) is 0 Å². The van der Waals surface area contributed by atoms with Crippen molar-refractivity contribution in [2.45, 2.75) is 32.1 Å². The average Bonchev–Trinajstić information content (AvgIpc) is 3.10. The Bertz CT molecular complexity index is 675. The fourth-order valence-corrected chi connectivity index (χ4v) is 3.32. The first-order chi connectivity index (χ1) is 11.1. The smallest absolute Gasteiger partial charge is 0.223 e. The van der Waals surface area contributed by atoms with Crippen molar-refractivity contribution in [2.75, 3.05) is 13.1 Å². The Labute approximate surface area is 137 Å². The van der Waals surface area contributed by atoms with Gasteiger partial charge in [0.15, 0.2) is 0 Å². The lowest BCUT2D eigenvalue weighted by Crippen LogP contribution is -2.29. The number of rotatable bonds is 4. The zero-order chi connectivity index (χ0) is 16.2. The number of phenolic OH excluding ortho intramolecular Hbond substituents is 1. The second kappa shape index (κ2) is 6.86. The third-order valence-electron chi connectivity index (χ3n) is 4.60. The first kappa shape index (κ1) is 15.6. The Morgan fingerprint density at radius 3 is 2.52 bits per heavy atom. The van der Waals surface area contributed by atoms with Crippen LogP contribution in [0.2, 0.25) is 0 Å². The van der Waals surface area contributed by atoms with E-state index in [1.807, 2.05) is 54.3 Å². The summed E-state index contributed by atoms with van der Waals surface area (Å²) in [5.74, 6) is 0.333. The molecule has 1 saturated heterocycles. The zero-order valence-corrected chi connectivity index (χ0v) is 13.5. The molecule has 0 radical (unpaired) electrons. The molecule has 1 N–H and O–H groups in total. The normalized spacial score (nSPS) is 15.6. The first-order valence-corrected chi connectivity index (χ1v) is 8.27. The summed E-state index contributed by atoms with van der Waals surface area (Å²) in [4.78, 5) is 14.6. The van der Waals surface area contributed by atoms with Crippen LogP contribution in [-0.4, -0.2) is 29.0 Å². The highest BCUT2D eigenvalue weighted by atomic mass is 16.3. The molecular formula is C20H23NO2. The molecule has 0 aromatic heterocycles. The van der Waals surface area contributed by atoms with Crippen LogP contribution in [-0.2, 0) is 4.79 Å². The van der Waals surface area contributed by atoms with Crippen molar-refractivity contribution < 1.29 is 9.90 Å². The SMILES string of the molecule is Cc1ccc(O)c([C@H](CC(=O)N2CCCC2)c2ccccc2)c1. The fraction of sp³-hybridized carbons (Fsp3) is 0.350. The Hall–Kier alpha value is -2.29. The molecule has 3 nitrogen and oxygen atoms in total. The molecule has 120 valence electrons. The van der Waals surface area contributed by atoms with Gasteiger partial charge in [-0.3, -0.25) is 4.79 Å². The van der Waals surface area contributed by atoms with Crippen LogP contribution >= 0.6 is 0 Å². The second-order valence-corrected chi connectivity index (χ2v) is 6.32. The van der Waals surface area contributed by atoms with E-state index in [1.165, 1.54) is 0 Å². The number of carbonyl (C=O) groups is 1. The van der Waals surface area contributed by atoms with Crippen molar-refractivity contribution in [3.8, 4) is 5.75 Å². The number of amides is 1. The van der Waals surface area contributed by atoms with Crippen LogP contribution in [0.4, 0.5) is 0 Å². The molecule has 2 aromatic carbocycles. The number of aromatic hydroxyl groups is 1. The van der Waals surface area contributed by atoms with Gasteiger partial charge >= 0.3 is 0 Å². The number of nitrogens with zero attached hydrogens (tertiary/aromatic N) is 1. The largest absolute Gasteiger partial charge is 0.508 e. The number of carbonyl (C=O) groups excluding carboxylic acids is 1. The van der Waals surface area contributed by atoms with Crippen molar-refractivity contribution in [3.63, 3.8) is 0 Å².